The van der Waals surface area contributed by atoms with Crippen molar-refractivity contribution in [1.29, 1.82) is 0 Å². The Morgan fingerprint density at radius 2 is 1.73 bits per heavy atom. The van der Waals surface area contributed by atoms with Gasteiger partial charge < -0.3 is 19.3 Å². The molecule has 5 nitrogen and oxygen atoms in total. The molecule has 2 aliphatic heterocycles. The van der Waals surface area contributed by atoms with Crippen molar-refractivity contribution in [2.45, 2.75) is 31.8 Å². The zero-order chi connectivity index (χ0) is 18.4. The molecule has 5 heteroatoms. The molecule has 2 heterocycles. The van der Waals surface area contributed by atoms with Crippen LogP contribution in [0.3, 0.4) is 0 Å². The maximum absolute atomic E-state index is 10.2. The lowest BCUT2D eigenvalue weighted by Gasteiger charge is -2.45. The first kappa shape index (κ1) is 17.0. The van der Waals surface area contributed by atoms with Gasteiger partial charge in [-0.1, -0.05) is 13.0 Å². The van der Waals surface area contributed by atoms with Crippen LogP contribution in [0.4, 0.5) is 0 Å². The van der Waals surface area contributed by atoms with E-state index in [1.165, 1.54) is 16.7 Å². The molecule has 0 bridgehead atoms. The van der Waals surface area contributed by atoms with E-state index in [1.54, 1.807) is 27.4 Å². The molecule has 0 radical (unpaired) electrons. The van der Waals surface area contributed by atoms with Crippen LogP contribution in [-0.2, 0) is 13.0 Å². The van der Waals surface area contributed by atoms with Gasteiger partial charge in [0, 0.05) is 30.6 Å². The first-order chi connectivity index (χ1) is 12.6. The van der Waals surface area contributed by atoms with Crippen LogP contribution in [0.15, 0.2) is 24.3 Å². The van der Waals surface area contributed by atoms with Gasteiger partial charge in [-0.2, -0.15) is 0 Å². The number of hydrogen-bond donors (Lipinski definition) is 1. The number of phenols is 1. The molecule has 0 spiro atoms. The van der Waals surface area contributed by atoms with E-state index in [9.17, 15) is 5.11 Å². The smallest absolute Gasteiger partial charge is 0.165 e. The second-order valence-electron chi connectivity index (χ2n) is 7.05. The fraction of sp³-hybridized carbons (Fsp3) is 0.429. The predicted molar refractivity (Wildman–Crippen MR) is 99.5 cm³/mol. The number of aromatic hydroxyl groups is 1. The van der Waals surface area contributed by atoms with Gasteiger partial charge in [0.05, 0.1) is 21.3 Å². The Labute approximate surface area is 154 Å². The van der Waals surface area contributed by atoms with Crippen molar-refractivity contribution in [3.8, 4) is 23.0 Å². The third-order valence-corrected chi connectivity index (χ3v) is 5.83. The van der Waals surface area contributed by atoms with Crippen molar-refractivity contribution in [2.75, 3.05) is 27.9 Å². The van der Waals surface area contributed by atoms with Crippen LogP contribution >= 0.6 is 0 Å². The summed E-state index contributed by atoms with van der Waals surface area (Å²) in [7, 11) is 4.98. The number of phenolic OH excluding ortho intramolecular Hbond substituents is 1. The first-order valence-corrected chi connectivity index (χ1v) is 8.96. The summed E-state index contributed by atoms with van der Waals surface area (Å²) >= 11 is 0. The Morgan fingerprint density at radius 3 is 2.42 bits per heavy atom. The molecule has 2 aliphatic rings. The minimum atomic E-state index is 0.209. The van der Waals surface area contributed by atoms with Crippen LogP contribution in [0.2, 0.25) is 0 Å². The Bertz CT molecular complexity index is 848. The van der Waals surface area contributed by atoms with Crippen LogP contribution in [0.1, 0.15) is 41.1 Å². The molecule has 2 aromatic rings. The monoisotopic (exact) mass is 355 g/mol. The molecule has 4 rings (SSSR count). The van der Waals surface area contributed by atoms with Gasteiger partial charge in [0.25, 0.3) is 0 Å². The van der Waals surface area contributed by atoms with Crippen molar-refractivity contribution in [1.82, 2.24) is 4.90 Å². The average Bonchev–Trinajstić information content (AvgIpc) is 2.66. The number of benzene rings is 2. The van der Waals surface area contributed by atoms with Crippen LogP contribution in [-0.4, -0.2) is 37.9 Å². The fourth-order valence-electron chi connectivity index (χ4n) is 4.61. The van der Waals surface area contributed by atoms with E-state index in [4.69, 9.17) is 14.2 Å². The third kappa shape index (κ3) is 2.42. The van der Waals surface area contributed by atoms with Gasteiger partial charge in [-0.3, -0.25) is 4.90 Å². The number of fused-ring (bicyclic) bond motifs is 4. The largest absolute Gasteiger partial charge is 0.504 e. The summed E-state index contributed by atoms with van der Waals surface area (Å²) < 4.78 is 16.5. The molecule has 0 aromatic heterocycles. The molecule has 0 amide bonds. The Balaban J connectivity index is 1.83. The zero-order valence-corrected chi connectivity index (χ0v) is 15.7. The molecule has 1 N–H and O–H groups in total. The van der Waals surface area contributed by atoms with Crippen LogP contribution < -0.4 is 14.2 Å². The summed E-state index contributed by atoms with van der Waals surface area (Å²) in [6.45, 7) is 3.99. The van der Waals surface area contributed by atoms with E-state index in [2.05, 4.69) is 24.0 Å². The highest BCUT2D eigenvalue weighted by Crippen LogP contribution is 2.50. The van der Waals surface area contributed by atoms with Crippen LogP contribution in [0.25, 0.3) is 0 Å². The molecule has 2 atom stereocenters. The van der Waals surface area contributed by atoms with E-state index in [0.717, 1.165) is 36.6 Å². The molecule has 26 heavy (non-hydrogen) atoms. The second-order valence-corrected chi connectivity index (χ2v) is 7.05. The molecule has 0 saturated carbocycles. The Hall–Kier alpha value is -2.40. The van der Waals surface area contributed by atoms with Gasteiger partial charge in [0.1, 0.15) is 0 Å². The summed E-state index contributed by atoms with van der Waals surface area (Å²) in [5.74, 6) is 2.65. The Morgan fingerprint density at radius 1 is 1.00 bits per heavy atom. The van der Waals surface area contributed by atoms with Crippen molar-refractivity contribution >= 4 is 0 Å². The molecule has 138 valence electrons. The van der Waals surface area contributed by atoms with E-state index < -0.39 is 0 Å². The lowest BCUT2D eigenvalue weighted by Crippen LogP contribution is -2.41. The van der Waals surface area contributed by atoms with E-state index >= 15 is 0 Å². The number of methoxy groups -OCH3 is 3. The first-order valence-electron chi connectivity index (χ1n) is 8.96. The zero-order valence-electron chi connectivity index (χ0n) is 15.7. The summed E-state index contributed by atoms with van der Waals surface area (Å²) in [6.07, 6.45) is 0.968. The van der Waals surface area contributed by atoms with Gasteiger partial charge in [-0.05, 0) is 41.3 Å². The van der Waals surface area contributed by atoms with Crippen LogP contribution in [0.5, 0.6) is 23.0 Å². The summed E-state index contributed by atoms with van der Waals surface area (Å²) in [4.78, 5) is 2.48. The maximum Gasteiger partial charge on any atom is 0.165 e. The van der Waals surface area contributed by atoms with Gasteiger partial charge in [0.2, 0.25) is 0 Å². The predicted octanol–water partition coefficient (Wildman–Crippen LogP) is 3.63. The molecule has 0 saturated heterocycles. The van der Waals surface area contributed by atoms with Crippen molar-refractivity contribution < 1.29 is 19.3 Å². The van der Waals surface area contributed by atoms with Crippen molar-refractivity contribution in [3.63, 3.8) is 0 Å². The SMILES string of the molecule is COc1cc2c(cc1OC)[C@@H]1C(C)c3ccc(O)c(OC)c3CN1CC2. The highest BCUT2D eigenvalue weighted by Gasteiger charge is 2.39. The summed E-state index contributed by atoms with van der Waals surface area (Å²) in [5.41, 5.74) is 4.97. The van der Waals surface area contributed by atoms with Gasteiger partial charge in [-0.25, -0.2) is 0 Å². The number of nitrogens with zero attached hydrogens (tertiary/aromatic N) is 1. The van der Waals surface area contributed by atoms with E-state index in [0.29, 0.717) is 5.75 Å². The molecule has 2 aromatic carbocycles. The standard InChI is InChI=1S/C21H25NO4/c1-12-14-5-6-17(23)21(26-4)16(14)11-22-8-7-13-9-18(24-2)19(25-3)10-15(13)20(12)22/h5-6,9-10,12,20,23H,7-8,11H2,1-4H3/t12?,20-/m0/s1. The molecule has 0 aliphatic carbocycles. The number of rotatable bonds is 3. The van der Waals surface area contributed by atoms with Gasteiger partial charge >= 0.3 is 0 Å². The van der Waals surface area contributed by atoms with Gasteiger partial charge in [-0.15, -0.1) is 0 Å². The molecular formula is C21H25NO4. The maximum atomic E-state index is 10.2. The lowest BCUT2D eigenvalue weighted by molar-refractivity contribution is 0.136. The minimum Gasteiger partial charge on any atom is -0.504 e. The second kappa shape index (κ2) is 6.40. The van der Waals surface area contributed by atoms with Crippen molar-refractivity contribution in [3.05, 3.63) is 46.5 Å². The third-order valence-electron chi connectivity index (χ3n) is 5.83. The number of ether oxygens (including phenoxy) is 3. The van der Waals surface area contributed by atoms with Crippen molar-refractivity contribution in [2.24, 2.45) is 0 Å². The highest BCUT2D eigenvalue weighted by molar-refractivity contribution is 5.55. The lowest BCUT2D eigenvalue weighted by atomic mass is 9.77. The topological polar surface area (TPSA) is 51.2 Å². The van der Waals surface area contributed by atoms with Gasteiger partial charge in [0.15, 0.2) is 23.0 Å². The molecular weight excluding hydrogens is 330 g/mol. The summed E-state index contributed by atoms with van der Waals surface area (Å²) in [5, 5.41) is 10.2. The Kier molecular flexibility index (Phi) is 4.19. The normalized spacial score (nSPS) is 21.4. The fourth-order valence-corrected chi connectivity index (χ4v) is 4.61. The van der Waals surface area contributed by atoms with E-state index in [1.807, 2.05) is 6.07 Å². The average molecular weight is 355 g/mol. The van der Waals surface area contributed by atoms with Crippen LogP contribution in [0, 0.1) is 0 Å². The summed E-state index contributed by atoms with van der Waals surface area (Å²) in [6, 6.07) is 8.29. The quantitative estimate of drug-likeness (QED) is 0.911. The molecule has 0 fully saturated rings. The van der Waals surface area contributed by atoms with E-state index in [-0.39, 0.29) is 17.7 Å². The number of hydrogen-bond acceptors (Lipinski definition) is 5. The molecule has 1 unspecified atom stereocenters. The minimum absolute atomic E-state index is 0.209. The highest BCUT2D eigenvalue weighted by atomic mass is 16.5.